The standard InChI is InChI=1S/C17H11Cl2N3O2S/c1-9(23)14-13(10-5-3-2-4-6-10)21-17(25-14)22-16(24)11-7-8-12(18)20-15(11)19/h2-8H,1H3,(H,21,22,24). The van der Waals surface area contributed by atoms with Gasteiger partial charge in [0, 0.05) is 12.5 Å². The zero-order valence-corrected chi connectivity index (χ0v) is 15.2. The highest BCUT2D eigenvalue weighted by Crippen LogP contribution is 2.32. The number of hydrogen-bond acceptors (Lipinski definition) is 5. The zero-order valence-electron chi connectivity index (χ0n) is 12.9. The Morgan fingerprint density at radius 1 is 1.04 bits per heavy atom. The summed E-state index contributed by atoms with van der Waals surface area (Å²) in [4.78, 5) is 33.0. The average Bonchev–Trinajstić information content (AvgIpc) is 2.99. The van der Waals surface area contributed by atoms with Crippen LogP contribution in [0.15, 0.2) is 42.5 Å². The second-order valence-electron chi connectivity index (χ2n) is 5.05. The third kappa shape index (κ3) is 3.87. The van der Waals surface area contributed by atoms with Crippen molar-refractivity contribution in [3.63, 3.8) is 0 Å². The molecule has 0 atom stereocenters. The Hall–Kier alpha value is -2.28. The number of amides is 1. The molecule has 0 fully saturated rings. The number of carbonyl (C=O) groups is 2. The Balaban J connectivity index is 1.93. The van der Waals surface area contributed by atoms with E-state index in [4.69, 9.17) is 23.2 Å². The van der Waals surface area contributed by atoms with Crippen molar-refractivity contribution < 1.29 is 9.59 Å². The molecule has 0 aliphatic heterocycles. The monoisotopic (exact) mass is 391 g/mol. The molecule has 1 amide bonds. The zero-order chi connectivity index (χ0) is 18.0. The van der Waals surface area contributed by atoms with E-state index in [2.05, 4.69) is 15.3 Å². The smallest absolute Gasteiger partial charge is 0.260 e. The molecule has 5 nitrogen and oxygen atoms in total. The number of pyridine rings is 1. The van der Waals surface area contributed by atoms with Crippen molar-refractivity contribution >= 4 is 51.4 Å². The van der Waals surface area contributed by atoms with Gasteiger partial charge in [-0.05, 0) is 12.1 Å². The van der Waals surface area contributed by atoms with Crippen LogP contribution in [0, 0.1) is 0 Å². The number of ketones is 1. The third-order valence-corrected chi connectivity index (χ3v) is 4.84. The van der Waals surface area contributed by atoms with Crippen LogP contribution in [0.1, 0.15) is 27.0 Å². The van der Waals surface area contributed by atoms with E-state index >= 15 is 0 Å². The van der Waals surface area contributed by atoms with E-state index < -0.39 is 5.91 Å². The lowest BCUT2D eigenvalue weighted by atomic mass is 10.1. The van der Waals surface area contributed by atoms with Gasteiger partial charge in [0.05, 0.1) is 16.1 Å². The fourth-order valence-electron chi connectivity index (χ4n) is 2.15. The molecule has 0 saturated heterocycles. The highest BCUT2D eigenvalue weighted by Gasteiger charge is 2.19. The number of thiazole rings is 1. The number of benzene rings is 1. The van der Waals surface area contributed by atoms with E-state index in [0.717, 1.165) is 16.9 Å². The summed E-state index contributed by atoms with van der Waals surface area (Å²) in [5.74, 6) is -0.597. The minimum Gasteiger partial charge on any atom is -0.298 e. The molecule has 2 aromatic heterocycles. The van der Waals surface area contributed by atoms with Crippen LogP contribution in [-0.4, -0.2) is 21.7 Å². The molecule has 0 aliphatic rings. The minimum absolute atomic E-state index is 0.00312. The molecule has 0 spiro atoms. The van der Waals surface area contributed by atoms with E-state index in [9.17, 15) is 9.59 Å². The Morgan fingerprint density at radius 3 is 2.40 bits per heavy atom. The molecule has 0 aliphatic carbocycles. The summed E-state index contributed by atoms with van der Waals surface area (Å²) >= 11 is 12.8. The van der Waals surface area contributed by atoms with Crippen molar-refractivity contribution in [2.75, 3.05) is 5.32 Å². The molecule has 2 heterocycles. The second kappa shape index (κ2) is 7.31. The van der Waals surface area contributed by atoms with Crippen molar-refractivity contribution in [3.05, 3.63) is 63.2 Å². The van der Waals surface area contributed by atoms with Gasteiger partial charge in [0.15, 0.2) is 10.9 Å². The average molecular weight is 392 g/mol. The summed E-state index contributed by atoms with van der Waals surface area (Å²) in [6.45, 7) is 1.46. The first-order valence-corrected chi connectivity index (χ1v) is 8.73. The van der Waals surface area contributed by atoms with Crippen LogP contribution in [0.2, 0.25) is 10.3 Å². The molecule has 1 aromatic carbocycles. The third-order valence-electron chi connectivity index (χ3n) is 3.27. The van der Waals surface area contributed by atoms with Crippen molar-refractivity contribution in [2.24, 2.45) is 0 Å². The summed E-state index contributed by atoms with van der Waals surface area (Å²) in [7, 11) is 0. The number of Topliss-reactive ketones (excluding diaryl/α,β-unsaturated/α-hetero) is 1. The normalized spacial score (nSPS) is 10.5. The van der Waals surface area contributed by atoms with Crippen molar-refractivity contribution in [3.8, 4) is 11.3 Å². The van der Waals surface area contributed by atoms with E-state index in [0.29, 0.717) is 15.7 Å². The Kier molecular flexibility index (Phi) is 5.13. The lowest BCUT2D eigenvalue weighted by Crippen LogP contribution is -2.12. The molecule has 3 rings (SSSR count). The predicted octanol–water partition coefficient (Wildman–Crippen LogP) is 4.97. The lowest BCUT2D eigenvalue weighted by Gasteiger charge is -2.03. The van der Waals surface area contributed by atoms with Gasteiger partial charge in [0.1, 0.15) is 10.3 Å². The number of hydrogen-bond donors (Lipinski definition) is 1. The van der Waals surface area contributed by atoms with Crippen molar-refractivity contribution in [1.29, 1.82) is 0 Å². The van der Waals surface area contributed by atoms with Crippen LogP contribution in [0.5, 0.6) is 0 Å². The van der Waals surface area contributed by atoms with Gasteiger partial charge in [-0.25, -0.2) is 9.97 Å². The number of aromatic nitrogens is 2. The van der Waals surface area contributed by atoms with E-state index in [1.807, 2.05) is 30.3 Å². The van der Waals surface area contributed by atoms with Crippen LogP contribution in [0.3, 0.4) is 0 Å². The Labute approximate surface area is 157 Å². The summed E-state index contributed by atoms with van der Waals surface area (Å²) in [6, 6.07) is 12.2. The van der Waals surface area contributed by atoms with Crippen LogP contribution in [-0.2, 0) is 0 Å². The number of nitrogens with zero attached hydrogens (tertiary/aromatic N) is 2. The lowest BCUT2D eigenvalue weighted by molar-refractivity contribution is 0.101. The second-order valence-corrected chi connectivity index (χ2v) is 6.79. The van der Waals surface area contributed by atoms with Gasteiger partial charge in [0.2, 0.25) is 0 Å². The highest BCUT2D eigenvalue weighted by molar-refractivity contribution is 7.18. The first-order chi connectivity index (χ1) is 12.0. The van der Waals surface area contributed by atoms with Crippen LogP contribution < -0.4 is 5.32 Å². The van der Waals surface area contributed by atoms with E-state index in [1.54, 1.807) is 0 Å². The number of halogens is 2. The topological polar surface area (TPSA) is 72.0 Å². The highest BCUT2D eigenvalue weighted by atomic mass is 35.5. The molecule has 3 aromatic rings. The van der Waals surface area contributed by atoms with Gasteiger partial charge >= 0.3 is 0 Å². The quantitative estimate of drug-likeness (QED) is 0.503. The summed E-state index contributed by atoms with van der Waals surface area (Å²) in [5, 5.41) is 3.15. The number of anilines is 1. The minimum atomic E-state index is -0.474. The van der Waals surface area contributed by atoms with Gasteiger partial charge in [-0.15, -0.1) is 0 Å². The van der Waals surface area contributed by atoms with Gasteiger partial charge in [-0.1, -0.05) is 64.9 Å². The van der Waals surface area contributed by atoms with E-state index in [1.165, 1.54) is 19.1 Å². The number of carbonyl (C=O) groups excluding carboxylic acids is 2. The van der Waals surface area contributed by atoms with Gasteiger partial charge in [-0.2, -0.15) is 0 Å². The first-order valence-electron chi connectivity index (χ1n) is 7.16. The molecule has 126 valence electrons. The van der Waals surface area contributed by atoms with Crippen LogP contribution in [0.4, 0.5) is 5.13 Å². The molecule has 1 N–H and O–H groups in total. The predicted molar refractivity (Wildman–Crippen MR) is 99.8 cm³/mol. The molecule has 0 saturated carbocycles. The largest absolute Gasteiger partial charge is 0.298 e. The summed E-state index contributed by atoms with van der Waals surface area (Å²) in [5.41, 5.74) is 1.51. The summed E-state index contributed by atoms with van der Waals surface area (Å²) < 4.78 is 0. The first kappa shape index (κ1) is 17.5. The fraction of sp³-hybridized carbons (Fsp3) is 0.0588. The molecule has 0 unspecified atom stereocenters. The number of nitrogens with one attached hydrogen (secondary N) is 1. The number of rotatable bonds is 4. The molecule has 25 heavy (non-hydrogen) atoms. The molecular formula is C17H11Cl2N3O2S. The molecule has 0 bridgehead atoms. The fourth-order valence-corrected chi connectivity index (χ4v) is 3.46. The maximum atomic E-state index is 12.4. The molecular weight excluding hydrogens is 381 g/mol. The summed E-state index contributed by atoms with van der Waals surface area (Å²) in [6.07, 6.45) is 0. The maximum Gasteiger partial charge on any atom is 0.260 e. The Morgan fingerprint density at radius 2 is 1.76 bits per heavy atom. The SMILES string of the molecule is CC(=O)c1sc(NC(=O)c2ccc(Cl)nc2Cl)nc1-c1ccccc1. The molecule has 0 radical (unpaired) electrons. The van der Waals surface area contributed by atoms with Crippen LogP contribution >= 0.6 is 34.5 Å². The maximum absolute atomic E-state index is 12.4. The molecule has 8 heteroatoms. The van der Waals surface area contributed by atoms with Gasteiger partial charge < -0.3 is 0 Å². The Bertz CT molecular complexity index is 958. The van der Waals surface area contributed by atoms with Crippen molar-refractivity contribution in [1.82, 2.24) is 9.97 Å². The van der Waals surface area contributed by atoms with Crippen molar-refractivity contribution in [2.45, 2.75) is 6.92 Å². The van der Waals surface area contributed by atoms with E-state index in [-0.39, 0.29) is 21.7 Å². The van der Waals surface area contributed by atoms with Gasteiger partial charge in [0.25, 0.3) is 5.91 Å². The van der Waals surface area contributed by atoms with Crippen LogP contribution in [0.25, 0.3) is 11.3 Å². The van der Waals surface area contributed by atoms with Gasteiger partial charge in [-0.3, -0.25) is 14.9 Å².